The fourth-order valence-corrected chi connectivity index (χ4v) is 5.62. The number of likely N-dealkylation sites (tertiary alicyclic amines) is 1. The molecule has 2 fully saturated rings. The Kier molecular flexibility index (Phi) is 8.87. The smallest absolute Gasteiger partial charge is 0.410 e. The van der Waals surface area contributed by atoms with Gasteiger partial charge >= 0.3 is 12.1 Å². The van der Waals surface area contributed by atoms with Crippen molar-refractivity contribution in [3.8, 4) is 6.01 Å². The first-order valence-electron chi connectivity index (χ1n) is 14.6. The van der Waals surface area contributed by atoms with Crippen LogP contribution in [-0.2, 0) is 24.2 Å². The highest BCUT2D eigenvalue weighted by atomic mass is 16.6. The number of carbonyl (C=O) groups is 1. The quantitative estimate of drug-likeness (QED) is 0.527. The Labute approximate surface area is 233 Å². The average Bonchev–Trinajstić information content (AvgIpc) is 2.93. The zero-order valence-corrected chi connectivity index (χ0v) is 23.9. The largest absolute Gasteiger partial charge is 0.462 e. The molecule has 9 nitrogen and oxygen atoms in total. The van der Waals surface area contributed by atoms with Crippen LogP contribution >= 0.6 is 0 Å². The van der Waals surface area contributed by atoms with Crippen LogP contribution in [-0.4, -0.2) is 95.3 Å². The monoisotopic (exact) mass is 536 g/mol. The number of nitrogens with zero attached hydrogens (tertiary/aromatic N) is 6. The molecule has 0 spiro atoms. The van der Waals surface area contributed by atoms with Gasteiger partial charge < -0.3 is 19.3 Å². The van der Waals surface area contributed by atoms with Crippen LogP contribution in [0.3, 0.4) is 0 Å². The number of aromatic nitrogens is 2. The first kappa shape index (κ1) is 27.6. The summed E-state index contributed by atoms with van der Waals surface area (Å²) < 4.78 is 11.8. The molecule has 2 saturated heterocycles. The molecular weight excluding hydrogens is 492 g/mol. The highest BCUT2D eigenvalue weighted by Gasteiger charge is 2.30. The molecule has 39 heavy (non-hydrogen) atoms. The molecule has 0 unspecified atom stereocenters. The van der Waals surface area contributed by atoms with E-state index in [2.05, 4.69) is 45.0 Å². The second-order valence-electron chi connectivity index (χ2n) is 11.9. The number of piperidine rings is 1. The Morgan fingerprint density at radius 3 is 2.36 bits per heavy atom. The molecule has 1 aromatic heterocycles. The molecule has 0 radical (unpaired) electrons. The Morgan fingerprint density at radius 2 is 1.64 bits per heavy atom. The van der Waals surface area contributed by atoms with Crippen molar-refractivity contribution >= 4 is 11.9 Å². The van der Waals surface area contributed by atoms with E-state index in [1.54, 1.807) is 4.90 Å². The number of anilines is 1. The third kappa shape index (κ3) is 7.60. The standard InChI is InChI=1S/C30H44N6O3/c1-30(2,3)39-29(37)36-18-16-35(17-19-36)27-25-12-15-34(22-24-10-6-4-7-11-24)23-26(25)31-28(32-27)38-21-20-33-13-8-5-9-14-33/h4,6-7,10-11H,5,8-9,12-23H2,1-3H3. The first-order chi connectivity index (χ1) is 18.8. The summed E-state index contributed by atoms with van der Waals surface area (Å²) in [6.07, 6.45) is 4.52. The van der Waals surface area contributed by atoms with Gasteiger partial charge in [-0.05, 0) is 58.7 Å². The Morgan fingerprint density at radius 1 is 0.897 bits per heavy atom. The molecule has 5 rings (SSSR count). The second kappa shape index (κ2) is 12.5. The van der Waals surface area contributed by atoms with Crippen LogP contribution in [0.25, 0.3) is 0 Å². The number of carbonyl (C=O) groups excluding carboxylic acids is 1. The number of hydrogen-bond acceptors (Lipinski definition) is 8. The average molecular weight is 537 g/mol. The highest BCUT2D eigenvalue weighted by Crippen LogP contribution is 2.30. The van der Waals surface area contributed by atoms with Crippen molar-refractivity contribution in [3.05, 3.63) is 47.2 Å². The minimum absolute atomic E-state index is 0.245. The van der Waals surface area contributed by atoms with Gasteiger partial charge in [-0.1, -0.05) is 36.8 Å². The third-order valence-electron chi connectivity index (χ3n) is 7.67. The minimum Gasteiger partial charge on any atom is -0.462 e. The topological polar surface area (TPSA) is 74.3 Å². The van der Waals surface area contributed by atoms with Gasteiger partial charge in [-0.15, -0.1) is 0 Å². The molecule has 0 atom stereocenters. The molecule has 9 heteroatoms. The molecule has 2 aromatic rings. The number of benzene rings is 1. The fourth-order valence-electron chi connectivity index (χ4n) is 5.62. The molecule has 1 aromatic carbocycles. The van der Waals surface area contributed by atoms with E-state index < -0.39 is 5.60 Å². The van der Waals surface area contributed by atoms with Crippen LogP contribution in [0, 0.1) is 0 Å². The number of hydrogen-bond donors (Lipinski definition) is 0. The SMILES string of the molecule is CC(C)(C)OC(=O)N1CCN(c2nc(OCCN3CCCCC3)nc3c2CCN(Cc2ccccc2)C3)CC1. The summed E-state index contributed by atoms with van der Waals surface area (Å²) in [5.74, 6) is 0.969. The van der Waals surface area contributed by atoms with Crippen molar-refractivity contribution in [2.75, 3.05) is 63.9 Å². The number of piperazine rings is 1. The highest BCUT2D eigenvalue weighted by molar-refractivity contribution is 5.68. The maximum atomic E-state index is 12.6. The maximum absolute atomic E-state index is 12.6. The first-order valence-corrected chi connectivity index (χ1v) is 14.6. The summed E-state index contributed by atoms with van der Waals surface area (Å²) in [5.41, 5.74) is 3.09. The number of amides is 1. The summed E-state index contributed by atoms with van der Waals surface area (Å²) in [6.45, 7) is 14.8. The lowest BCUT2D eigenvalue weighted by Gasteiger charge is -2.38. The van der Waals surface area contributed by atoms with Crippen molar-refractivity contribution in [2.24, 2.45) is 0 Å². The molecule has 0 aliphatic carbocycles. The summed E-state index contributed by atoms with van der Waals surface area (Å²) in [7, 11) is 0. The van der Waals surface area contributed by atoms with Gasteiger partial charge in [0.1, 0.15) is 18.0 Å². The van der Waals surface area contributed by atoms with E-state index in [1.807, 2.05) is 20.8 Å². The van der Waals surface area contributed by atoms with Gasteiger partial charge in [0.05, 0.1) is 5.69 Å². The van der Waals surface area contributed by atoms with Gasteiger partial charge in [0, 0.05) is 57.9 Å². The predicted octanol–water partition coefficient (Wildman–Crippen LogP) is 3.96. The van der Waals surface area contributed by atoms with Gasteiger partial charge in [-0.3, -0.25) is 9.80 Å². The van der Waals surface area contributed by atoms with Crippen LogP contribution in [0.15, 0.2) is 30.3 Å². The van der Waals surface area contributed by atoms with Crippen molar-refractivity contribution < 1.29 is 14.3 Å². The van der Waals surface area contributed by atoms with Gasteiger partial charge in [0.25, 0.3) is 0 Å². The van der Waals surface area contributed by atoms with Gasteiger partial charge in [0.15, 0.2) is 0 Å². The van der Waals surface area contributed by atoms with E-state index in [-0.39, 0.29) is 6.09 Å². The van der Waals surface area contributed by atoms with Gasteiger partial charge in [-0.2, -0.15) is 9.97 Å². The predicted molar refractivity (Wildman–Crippen MR) is 152 cm³/mol. The molecular formula is C30H44N6O3. The second-order valence-corrected chi connectivity index (χ2v) is 11.9. The van der Waals surface area contributed by atoms with Crippen LogP contribution in [0.4, 0.5) is 10.6 Å². The Hall–Kier alpha value is -2.91. The van der Waals surface area contributed by atoms with Crippen molar-refractivity contribution in [2.45, 2.75) is 65.1 Å². The van der Waals surface area contributed by atoms with Crippen molar-refractivity contribution in [1.29, 1.82) is 0 Å². The minimum atomic E-state index is -0.494. The maximum Gasteiger partial charge on any atom is 0.410 e. The molecule has 4 heterocycles. The third-order valence-corrected chi connectivity index (χ3v) is 7.67. The summed E-state index contributed by atoms with van der Waals surface area (Å²) in [6, 6.07) is 11.1. The fraction of sp³-hybridized carbons (Fsp3) is 0.633. The number of ether oxygens (including phenoxy) is 2. The molecule has 0 N–H and O–H groups in total. The Bertz CT molecular complexity index is 1090. The molecule has 0 saturated carbocycles. The summed E-state index contributed by atoms with van der Waals surface area (Å²) in [5, 5.41) is 0. The van der Waals surface area contributed by atoms with Crippen molar-refractivity contribution in [3.63, 3.8) is 0 Å². The zero-order chi connectivity index (χ0) is 27.2. The molecule has 1 amide bonds. The summed E-state index contributed by atoms with van der Waals surface area (Å²) >= 11 is 0. The van der Waals surface area contributed by atoms with Crippen LogP contribution in [0.2, 0.25) is 0 Å². The number of fused-ring (bicyclic) bond motifs is 1. The van der Waals surface area contributed by atoms with Crippen molar-refractivity contribution in [1.82, 2.24) is 24.7 Å². The molecule has 212 valence electrons. The van der Waals surface area contributed by atoms with E-state index >= 15 is 0 Å². The van der Waals surface area contributed by atoms with Crippen LogP contribution in [0.1, 0.15) is 56.9 Å². The van der Waals surface area contributed by atoms with E-state index in [0.717, 1.165) is 57.2 Å². The van der Waals surface area contributed by atoms with E-state index in [0.29, 0.717) is 38.8 Å². The lowest BCUT2D eigenvalue weighted by molar-refractivity contribution is 0.0240. The molecule has 3 aliphatic heterocycles. The summed E-state index contributed by atoms with van der Waals surface area (Å²) in [4.78, 5) is 31.5. The number of rotatable bonds is 7. The lowest BCUT2D eigenvalue weighted by atomic mass is 10.0. The van der Waals surface area contributed by atoms with Crippen LogP contribution < -0.4 is 9.64 Å². The Balaban J connectivity index is 1.29. The van der Waals surface area contributed by atoms with E-state index in [9.17, 15) is 4.79 Å². The van der Waals surface area contributed by atoms with E-state index in [4.69, 9.17) is 19.4 Å². The van der Waals surface area contributed by atoms with Gasteiger partial charge in [0.2, 0.25) is 0 Å². The molecule has 3 aliphatic rings. The normalized spacial score (nSPS) is 19.1. The van der Waals surface area contributed by atoms with Crippen LogP contribution in [0.5, 0.6) is 6.01 Å². The van der Waals surface area contributed by atoms with Gasteiger partial charge in [-0.25, -0.2) is 4.79 Å². The lowest BCUT2D eigenvalue weighted by Crippen LogP contribution is -2.50. The zero-order valence-electron chi connectivity index (χ0n) is 23.9. The van der Waals surface area contributed by atoms with E-state index in [1.165, 1.54) is 30.4 Å². The molecule has 0 bridgehead atoms.